The Bertz CT molecular complexity index is 1430. The molecule has 1 aliphatic heterocycles. The first kappa shape index (κ1) is 26.4. The molecule has 0 bridgehead atoms. The van der Waals surface area contributed by atoms with Crippen LogP contribution in [-0.4, -0.2) is 46.1 Å². The maximum absolute atomic E-state index is 13.0. The van der Waals surface area contributed by atoms with Gasteiger partial charge in [-0.3, -0.25) is 9.78 Å². The minimum Gasteiger partial charge on any atom is -0.378 e. The second-order valence-corrected chi connectivity index (χ2v) is 10.2. The summed E-state index contributed by atoms with van der Waals surface area (Å²) in [6.45, 7) is 2.57. The number of hydrogen-bond acceptors (Lipinski definition) is 4. The number of thiocarbonyl (C=S) groups is 1. The summed E-state index contributed by atoms with van der Waals surface area (Å²) >= 11 is 5.84. The van der Waals surface area contributed by atoms with Gasteiger partial charge in [0, 0.05) is 62.2 Å². The first-order valence-corrected chi connectivity index (χ1v) is 13.7. The number of hydrogen-bond donors (Lipinski definition) is 2. The van der Waals surface area contributed by atoms with Crippen LogP contribution in [0.5, 0.6) is 0 Å². The summed E-state index contributed by atoms with van der Waals surface area (Å²) in [5.41, 5.74) is 6.17. The number of nitrogens with zero attached hydrogens (tertiary/aromatic N) is 4. The molecular formula is C31H34N6OS. The molecule has 1 aliphatic rings. The topological polar surface area (TPSA) is 65.4 Å². The summed E-state index contributed by atoms with van der Waals surface area (Å²) in [4.78, 5) is 21.9. The largest absolute Gasteiger partial charge is 0.378 e. The van der Waals surface area contributed by atoms with Gasteiger partial charge in [-0.25, -0.2) is 0 Å². The number of rotatable bonds is 9. The standard InChI is InChI=1S/C31H34N6OS/c1-4-22-10-5-6-11-25(22)33-28(38)18-21-37-30(29(34-31(37)39)26-12-7-8-19-32-26)27-13-9-20-36(27)24-16-14-23(15-17-24)35(2)3/h5-17,19-20,29-30H,4,18,21H2,1-3H3,(H,33,38)(H,34,39). The van der Waals surface area contributed by atoms with Gasteiger partial charge in [-0.1, -0.05) is 31.2 Å². The van der Waals surface area contributed by atoms with E-state index >= 15 is 0 Å². The highest BCUT2D eigenvalue weighted by atomic mass is 32.1. The van der Waals surface area contributed by atoms with Crippen LogP contribution in [0.4, 0.5) is 11.4 Å². The fraction of sp³-hybridized carbons (Fsp3) is 0.258. The van der Waals surface area contributed by atoms with Gasteiger partial charge >= 0.3 is 0 Å². The van der Waals surface area contributed by atoms with E-state index in [0.29, 0.717) is 18.1 Å². The van der Waals surface area contributed by atoms with Crippen LogP contribution in [0.25, 0.3) is 5.69 Å². The molecule has 0 saturated carbocycles. The lowest BCUT2D eigenvalue weighted by Crippen LogP contribution is -2.33. The molecule has 1 saturated heterocycles. The molecule has 2 unspecified atom stereocenters. The quantitative estimate of drug-likeness (QED) is 0.274. The fourth-order valence-electron chi connectivity index (χ4n) is 5.13. The monoisotopic (exact) mass is 538 g/mol. The molecule has 8 heteroatoms. The number of benzene rings is 2. The van der Waals surface area contributed by atoms with E-state index in [1.54, 1.807) is 6.20 Å². The Hall–Kier alpha value is -4.17. The normalized spacial score (nSPS) is 16.7. The molecule has 2 aromatic carbocycles. The zero-order valence-corrected chi connectivity index (χ0v) is 23.4. The molecule has 3 heterocycles. The minimum atomic E-state index is -0.155. The highest BCUT2D eigenvalue weighted by Crippen LogP contribution is 2.39. The van der Waals surface area contributed by atoms with Crippen LogP contribution in [0.1, 0.15) is 42.4 Å². The lowest BCUT2D eigenvalue weighted by molar-refractivity contribution is -0.116. The van der Waals surface area contributed by atoms with Crippen molar-refractivity contribution in [2.45, 2.75) is 31.8 Å². The van der Waals surface area contributed by atoms with Gasteiger partial charge in [-0.15, -0.1) is 0 Å². The van der Waals surface area contributed by atoms with E-state index in [-0.39, 0.29) is 18.0 Å². The Labute approximate surface area is 235 Å². The van der Waals surface area contributed by atoms with E-state index in [1.807, 2.05) is 56.6 Å². The van der Waals surface area contributed by atoms with Crippen molar-refractivity contribution in [1.29, 1.82) is 0 Å². The van der Waals surface area contributed by atoms with Gasteiger partial charge in [0.2, 0.25) is 5.91 Å². The summed E-state index contributed by atoms with van der Waals surface area (Å²) in [7, 11) is 4.07. The molecule has 0 spiro atoms. The second kappa shape index (κ2) is 11.7. The predicted octanol–water partition coefficient (Wildman–Crippen LogP) is 5.50. The van der Waals surface area contributed by atoms with Crippen molar-refractivity contribution in [3.05, 3.63) is 108 Å². The lowest BCUT2D eigenvalue weighted by atomic mass is 10.0. The summed E-state index contributed by atoms with van der Waals surface area (Å²) < 4.78 is 2.19. The van der Waals surface area contributed by atoms with E-state index in [9.17, 15) is 4.79 Å². The Morgan fingerprint density at radius 2 is 1.79 bits per heavy atom. The third kappa shape index (κ3) is 5.66. The van der Waals surface area contributed by atoms with E-state index in [0.717, 1.165) is 40.4 Å². The molecule has 5 rings (SSSR count). The Morgan fingerprint density at radius 1 is 1.03 bits per heavy atom. The SMILES string of the molecule is CCc1ccccc1NC(=O)CCN1C(=S)NC(c2ccccn2)C1c1cccn1-c1ccc(N(C)C)cc1. The van der Waals surface area contributed by atoms with Gasteiger partial charge in [0.15, 0.2) is 5.11 Å². The van der Waals surface area contributed by atoms with Gasteiger partial charge < -0.3 is 25.0 Å². The van der Waals surface area contributed by atoms with Crippen LogP contribution in [0, 0.1) is 0 Å². The number of anilines is 2. The first-order valence-electron chi connectivity index (χ1n) is 13.3. The van der Waals surface area contributed by atoms with E-state index in [1.165, 1.54) is 0 Å². The average molecular weight is 539 g/mol. The van der Waals surface area contributed by atoms with Crippen molar-refractivity contribution in [3.63, 3.8) is 0 Å². The van der Waals surface area contributed by atoms with E-state index in [2.05, 4.69) is 79.5 Å². The molecular weight excluding hydrogens is 504 g/mol. The number of aromatic nitrogens is 2. The minimum absolute atomic E-state index is 0.0339. The van der Waals surface area contributed by atoms with Crippen molar-refractivity contribution in [1.82, 2.24) is 19.8 Å². The first-order chi connectivity index (χ1) is 19.0. The summed E-state index contributed by atoms with van der Waals surface area (Å²) in [5.74, 6) is -0.0339. The number of aryl methyl sites for hydroxylation is 1. The molecule has 4 aromatic rings. The number of nitrogens with one attached hydrogen (secondary N) is 2. The molecule has 2 aromatic heterocycles. The van der Waals surface area contributed by atoms with Crippen LogP contribution in [0.2, 0.25) is 0 Å². The van der Waals surface area contributed by atoms with Crippen LogP contribution in [0.15, 0.2) is 91.3 Å². The van der Waals surface area contributed by atoms with Crippen molar-refractivity contribution in [3.8, 4) is 5.69 Å². The summed E-state index contributed by atoms with van der Waals surface area (Å²) in [6, 6.07) is 26.2. The number of para-hydroxylation sites is 1. The van der Waals surface area contributed by atoms with E-state index in [4.69, 9.17) is 12.2 Å². The van der Waals surface area contributed by atoms with E-state index < -0.39 is 0 Å². The third-order valence-electron chi connectivity index (χ3n) is 7.18. The molecule has 2 atom stereocenters. The Balaban J connectivity index is 1.43. The van der Waals surface area contributed by atoms with Crippen molar-refractivity contribution < 1.29 is 4.79 Å². The predicted molar refractivity (Wildman–Crippen MR) is 161 cm³/mol. The zero-order chi connectivity index (χ0) is 27.4. The van der Waals surface area contributed by atoms with Crippen LogP contribution >= 0.6 is 12.2 Å². The van der Waals surface area contributed by atoms with Crippen molar-refractivity contribution >= 4 is 34.6 Å². The molecule has 39 heavy (non-hydrogen) atoms. The second-order valence-electron chi connectivity index (χ2n) is 9.84. The third-order valence-corrected chi connectivity index (χ3v) is 7.53. The molecule has 0 aliphatic carbocycles. The lowest BCUT2D eigenvalue weighted by Gasteiger charge is -2.29. The molecule has 200 valence electrons. The van der Waals surface area contributed by atoms with Crippen LogP contribution < -0.4 is 15.5 Å². The number of pyridine rings is 1. The molecule has 2 N–H and O–H groups in total. The van der Waals surface area contributed by atoms with Gasteiger partial charge in [0.05, 0.1) is 17.8 Å². The van der Waals surface area contributed by atoms with Crippen molar-refractivity contribution in [2.75, 3.05) is 30.9 Å². The highest BCUT2D eigenvalue weighted by molar-refractivity contribution is 7.80. The zero-order valence-electron chi connectivity index (χ0n) is 22.5. The van der Waals surface area contributed by atoms with Crippen LogP contribution in [-0.2, 0) is 11.2 Å². The fourth-order valence-corrected chi connectivity index (χ4v) is 5.47. The van der Waals surface area contributed by atoms with Crippen molar-refractivity contribution in [2.24, 2.45) is 0 Å². The maximum atomic E-state index is 13.0. The smallest absolute Gasteiger partial charge is 0.226 e. The Morgan fingerprint density at radius 3 is 2.51 bits per heavy atom. The van der Waals surface area contributed by atoms with Gasteiger partial charge in [0.1, 0.15) is 0 Å². The summed E-state index contributed by atoms with van der Waals surface area (Å²) in [5, 5.41) is 7.21. The summed E-state index contributed by atoms with van der Waals surface area (Å²) in [6.07, 6.45) is 5.04. The van der Waals surface area contributed by atoms with Crippen LogP contribution in [0.3, 0.4) is 0 Å². The van der Waals surface area contributed by atoms with Gasteiger partial charge in [-0.05, 0) is 78.8 Å². The Kier molecular flexibility index (Phi) is 7.93. The molecule has 1 amide bonds. The maximum Gasteiger partial charge on any atom is 0.226 e. The number of carbonyl (C=O) groups excluding carboxylic acids is 1. The van der Waals surface area contributed by atoms with Gasteiger partial charge in [0.25, 0.3) is 0 Å². The average Bonchev–Trinajstić information content (AvgIpc) is 3.57. The molecule has 1 fully saturated rings. The number of carbonyl (C=O) groups is 1. The molecule has 7 nitrogen and oxygen atoms in total. The molecule has 0 radical (unpaired) electrons. The van der Waals surface area contributed by atoms with Gasteiger partial charge in [-0.2, -0.15) is 0 Å². The number of amides is 1. The highest BCUT2D eigenvalue weighted by Gasteiger charge is 2.41.